The number of hydrogen-bond acceptors (Lipinski definition) is 5. The van der Waals surface area contributed by atoms with E-state index in [2.05, 4.69) is 19.7 Å². The zero-order chi connectivity index (χ0) is 17.3. The molecule has 1 aromatic carbocycles. The van der Waals surface area contributed by atoms with Crippen molar-refractivity contribution in [2.24, 2.45) is 0 Å². The molecule has 126 valence electrons. The Hall–Kier alpha value is -2.32. The predicted octanol–water partition coefficient (Wildman–Crippen LogP) is 2.98. The highest BCUT2D eigenvalue weighted by molar-refractivity contribution is 7.93. The highest BCUT2D eigenvalue weighted by Crippen LogP contribution is 2.27. The van der Waals surface area contributed by atoms with E-state index in [0.29, 0.717) is 28.2 Å². The zero-order valence-electron chi connectivity index (χ0n) is 13.0. The lowest BCUT2D eigenvalue weighted by molar-refractivity contribution is 0.392. The van der Waals surface area contributed by atoms with Crippen LogP contribution in [0.1, 0.15) is 12.5 Å². The maximum Gasteiger partial charge on any atom is 0.266 e. The summed E-state index contributed by atoms with van der Waals surface area (Å²) < 4.78 is 32.8. The van der Waals surface area contributed by atoms with Crippen molar-refractivity contribution >= 4 is 38.5 Å². The van der Waals surface area contributed by atoms with Crippen LogP contribution in [0, 0.1) is 0 Å². The Morgan fingerprint density at radius 2 is 2.17 bits per heavy atom. The third-order valence-electron chi connectivity index (χ3n) is 3.52. The normalized spacial score (nSPS) is 11.6. The van der Waals surface area contributed by atoms with Gasteiger partial charge in [-0.2, -0.15) is 4.98 Å². The number of anilines is 1. The molecule has 2 heterocycles. The predicted molar refractivity (Wildman–Crippen MR) is 92.1 cm³/mol. The number of H-pyrrole nitrogens is 1. The van der Waals surface area contributed by atoms with Crippen LogP contribution < -0.4 is 9.46 Å². The van der Waals surface area contributed by atoms with E-state index in [-0.39, 0.29) is 10.8 Å². The average Bonchev–Trinajstić information content (AvgIpc) is 2.98. The van der Waals surface area contributed by atoms with E-state index in [0.717, 1.165) is 5.56 Å². The number of aromatic amines is 1. The summed E-state index contributed by atoms with van der Waals surface area (Å²) in [4.78, 5) is 11.1. The van der Waals surface area contributed by atoms with Gasteiger partial charge >= 0.3 is 0 Å². The molecule has 0 atom stereocenters. The number of benzene rings is 1. The van der Waals surface area contributed by atoms with Crippen LogP contribution in [0.3, 0.4) is 0 Å². The fraction of sp³-hybridized carbons (Fsp3) is 0.200. The summed E-state index contributed by atoms with van der Waals surface area (Å²) in [6.07, 6.45) is 3.62. The monoisotopic (exact) mass is 366 g/mol. The third kappa shape index (κ3) is 3.02. The summed E-state index contributed by atoms with van der Waals surface area (Å²) in [5.41, 5.74) is 1.42. The van der Waals surface area contributed by atoms with Gasteiger partial charge in [-0.3, -0.25) is 0 Å². The minimum atomic E-state index is -3.86. The Morgan fingerprint density at radius 3 is 2.88 bits per heavy atom. The number of sulfonamides is 1. The van der Waals surface area contributed by atoms with Gasteiger partial charge in [-0.05, 0) is 24.6 Å². The van der Waals surface area contributed by atoms with E-state index in [1.165, 1.54) is 13.3 Å². The fourth-order valence-electron chi connectivity index (χ4n) is 2.33. The van der Waals surface area contributed by atoms with Crippen LogP contribution >= 0.6 is 11.6 Å². The van der Waals surface area contributed by atoms with Gasteiger partial charge in [0.15, 0.2) is 0 Å². The van der Waals surface area contributed by atoms with E-state index >= 15 is 0 Å². The zero-order valence-corrected chi connectivity index (χ0v) is 14.6. The van der Waals surface area contributed by atoms with Crippen LogP contribution in [0.2, 0.25) is 5.02 Å². The van der Waals surface area contributed by atoms with Gasteiger partial charge in [0.05, 0.1) is 7.11 Å². The van der Waals surface area contributed by atoms with Crippen LogP contribution in [-0.2, 0) is 16.4 Å². The summed E-state index contributed by atoms with van der Waals surface area (Å²) >= 11 is 5.91. The third-order valence-corrected chi connectivity index (χ3v) is 5.12. The maximum absolute atomic E-state index is 12.6. The first-order chi connectivity index (χ1) is 11.4. The molecule has 24 heavy (non-hydrogen) atoms. The van der Waals surface area contributed by atoms with Crippen molar-refractivity contribution < 1.29 is 13.2 Å². The second-order valence-electron chi connectivity index (χ2n) is 5.03. The molecule has 0 aliphatic rings. The lowest BCUT2D eigenvalue weighted by atomic mass is 10.2. The van der Waals surface area contributed by atoms with Gasteiger partial charge in [0.25, 0.3) is 10.0 Å². The molecular weight excluding hydrogens is 352 g/mol. The lowest BCUT2D eigenvalue weighted by Crippen LogP contribution is -2.15. The Bertz CT molecular complexity index is 1000. The van der Waals surface area contributed by atoms with Crippen molar-refractivity contribution in [1.82, 2.24) is 15.0 Å². The second-order valence-corrected chi connectivity index (χ2v) is 7.12. The SMILES string of the molecule is CCc1cnc(NS(=O)(=O)c2c[nH]c3cc(Cl)ccc23)nc1OC. The maximum atomic E-state index is 12.6. The van der Waals surface area contributed by atoms with Crippen molar-refractivity contribution in [2.45, 2.75) is 18.2 Å². The van der Waals surface area contributed by atoms with Crippen LogP contribution in [0.4, 0.5) is 5.95 Å². The average molecular weight is 367 g/mol. The number of aryl methyl sites for hydroxylation is 1. The topological polar surface area (TPSA) is 97.0 Å². The molecule has 7 nitrogen and oxygen atoms in total. The molecule has 2 aromatic heterocycles. The van der Waals surface area contributed by atoms with E-state index in [9.17, 15) is 8.42 Å². The van der Waals surface area contributed by atoms with Crippen LogP contribution in [0.25, 0.3) is 10.9 Å². The molecule has 0 unspecified atom stereocenters. The van der Waals surface area contributed by atoms with Crippen molar-refractivity contribution in [3.63, 3.8) is 0 Å². The first-order valence-corrected chi connectivity index (χ1v) is 9.00. The second kappa shape index (κ2) is 6.29. The number of ether oxygens (including phenoxy) is 1. The summed E-state index contributed by atoms with van der Waals surface area (Å²) in [6, 6.07) is 4.93. The molecule has 0 aliphatic carbocycles. The van der Waals surface area contributed by atoms with Crippen molar-refractivity contribution in [3.8, 4) is 5.88 Å². The van der Waals surface area contributed by atoms with Crippen LogP contribution in [-0.4, -0.2) is 30.5 Å². The van der Waals surface area contributed by atoms with Gasteiger partial charge in [-0.15, -0.1) is 0 Å². The molecule has 3 rings (SSSR count). The smallest absolute Gasteiger partial charge is 0.266 e. The molecule has 0 bridgehead atoms. The molecular formula is C15H15ClN4O3S. The Labute approximate surface area is 144 Å². The quantitative estimate of drug-likeness (QED) is 0.723. The Balaban J connectivity index is 1.99. The first kappa shape index (κ1) is 16.5. The molecule has 0 radical (unpaired) electrons. The first-order valence-electron chi connectivity index (χ1n) is 7.14. The van der Waals surface area contributed by atoms with E-state index in [1.54, 1.807) is 24.4 Å². The number of nitrogens with one attached hydrogen (secondary N) is 2. The fourth-order valence-corrected chi connectivity index (χ4v) is 3.63. The Kier molecular flexibility index (Phi) is 4.33. The van der Waals surface area contributed by atoms with E-state index in [1.807, 2.05) is 6.92 Å². The number of hydrogen-bond donors (Lipinski definition) is 2. The highest BCUT2D eigenvalue weighted by Gasteiger charge is 2.21. The van der Waals surface area contributed by atoms with Gasteiger partial charge in [0.2, 0.25) is 11.8 Å². The molecule has 0 saturated heterocycles. The molecule has 0 saturated carbocycles. The molecule has 3 aromatic rings. The van der Waals surface area contributed by atoms with Crippen molar-refractivity contribution in [2.75, 3.05) is 11.8 Å². The Morgan fingerprint density at radius 1 is 1.38 bits per heavy atom. The number of rotatable bonds is 5. The minimum absolute atomic E-state index is 0.0487. The van der Waals surface area contributed by atoms with Gasteiger partial charge in [0, 0.05) is 33.9 Å². The number of aromatic nitrogens is 3. The number of fused-ring (bicyclic) bond motifs is 1. The van der Waals surface area contributed by atoms with Gasteiger partial charge in [-0.25, -0.2) is 18.1 Å². The molecule has 0 amide bonds. The van der Waals surface area contributed by atoms with Gasteiger partial charge in [-0.1, -0.05) is 18.5 Å². The summed E-state index contributed by atoms with van der Waals surface area (Å²) in [6.45, 7) is 1.93. The van der Waals surface area contributed by atoms with Gasteiger partial charge in [0.1, 0.15) is 4.90 Å². The number of methoxy groups -OCH3 is 1. The molecule has 0 spiro atoms. The number of nitrogens with zero attached hydrogens (tertiary/aromatic N) is 2. The van der Waals surface area contributed by atoms with Crippen molar-refractivity contribution in [1.29, 1.82) is 0 Å². The van der Waals surface area contributed by atoms with Crippen LogP contribution in [0.5, 0.6) is 5.88 Å². The summed E-state index contributed by atoms with van der Waals surface area (Å²) in [7, 11) is -2.38. The van der Waals surface area contributed by atoms with Crippen LogP contribution in [0.15, 0.2) is 35.5 Å². The molecule has 2 N–H and O–H groups in total. The van der Waals surface area contributed by atoms with E-state index in [4.69, 9.17) is 16.3 Å². The molecule has 9 heteroatoms. The largest absolute Gasteiger partial charge is 0.481 e. The highest BCUT2D eigenvalue weighted by atomic mass is 35.5. The summed E-state index contributed by atoms with van der Waals surface area (Å²) in [5.74, 6) is 0.295. The van der Waals surface area contributed by atoms with Gasteiger partial charge < -0.3 is 9.72 Å². The molecule has 0 fully saturated rings. The lowest BCUT2D eigenvalue weighted by Gasteiger charge is -2.09. The number of halogens is 1. The minimum Gasteiger partial charge on any atom is -0.481 e. The van der Waals surface area contributed by atoms with Crippen molar-refractivity contribution in [3.05, 3.63) is 41.2 Å². The standard InChI is InChI=1S/C15H15ClN4O3S/c1-3-9-7-18-15(19-14(9)23-2)20-24(21,22)13-8-17-12-6-10(16)4-5-11(12)13/h4-8,17H,3H2,1-2H3,(H,18,19,20). The van der Waals surface area contributed by atoms with E-state index < -0.39 is 10.0 Å². The molecule has 0 aliphatic heterocycles. The summed E-state index contributed by atoms with van der Waals surface area (Å²) in [5, 5.41) is 1.05.